The summed E-state index contributed by atoms with van der Waals surface area (Å²) in [6, 6.07) is 12.3. The lowest BCUT2D eigenvalue weighted by Crippen LogP contribution is -2.40. The molecule has 29 heavy (non-hydrogen) atoms. The lowest BCUT2D eigenvalue weighted by molar-refractivity contribution is -0.384. The number of amides is 1. The second-order valence-corrected chi connectivity index (χ2v) is 7.04. The lowest BCUT2D eigenvalue weighted by atomic mass is 9.74. The third-order valence-corrected chi connectivity index (χ3v) is 5.46. The van der Waals surface area contributed by atoms with Gasteiger partial charge < -0.3 is 20.1 Å². The van der Waals surface area contributed by atoms with Crippen molar-refractivity contribution in [1.82, 2.24) is 5.32 Å². The standard InChI is InChI=1S/C21H25N3O5/c1-22-20(25)18-13-16(24(26)27)5-8-19(18)23-14-21(9-11-29-12-10-21)15-3-6-17(28-2)7-4-15/h3-8,13,23H,9-12,14H2,1-2H3,(H,22,25). The van der Waals surface area contributed by atoms with Gasteiger partial charge in [0.05, 0.1) is 17.6 Å². The number of nitrogens with one attached hydrogen (secondary N) is 2. The number of carbonyl (C=O) groups is 1. The molecule has 2 aromatic rings. The third kappa shape index (κ3) is 4.48. The summed E-state index contributed by atoms with van der Waals surface area (Å²) in [6.07, 6.45) is 1.66. The molecule has 1 fully saturated rings. The van der Waals surface area contributed by atoms with Gasteiger partial charge in [0.25, 0.3) is 11.6 Å². The van der Waals surface area contributed by atoms with E-state index >= 15 is 0 Å². The van der Waals surface area contributed by atoms with Crippen LogP contribution in [-0.4, -0.2) is 44.7 Å². The zero-order chi connectivity index (χ0) is 20.9. The average molecular weight is 399 g/mol. The highest BCUT2D eigenvalue weighted by atomic mass is 16.6. The Bertz CT molecular complexity index is 876. The van der Waals surface area contributed by atoms with E-state index in [0.29, 0.717) is 25.4 Å². The van der Waals surface area contributed by atoms with Crippen molar-refractivity contribution in [2.75, 3.05) is 39.2 Å². The molecule has 0 atom stereocenters. The number of methoxy groups -OCH3 is 1. The van der Waals surface area contributed by atoms with Crippen molar-refractivity contribution in [3.8, 4) is 5.75 Å². The molecule has 0 bridgehead atoms. The van der Waals surface area contributed by atoms with Crippen LogP contribution >= 0.6 is 0 Å². The molecule has 0 saturated carbocycles. The van der Waals surface area contributed by atoms with Crippen LogP contribution in [0.5, 0.6) is 5.75 Å². The summed E-state index contributed by atoms with van der Waals surface area (Å²) in [7, 11) is 3.14. The van der Waals surface area contributed by atoms with E-state index < -0.39 is 4.92 Å². The molecular formula is C21H25N3O5. The number of ether oxygens (including phenoxy) is 2. The Morgan fingerprint density at radius 3 is 2.48 bits per heavy atom. The molecule has 2 aromatic carbocycles. The number of rotatable bonds is 7. The Labute approximate surface area is 169 Å². The van der Waals surface area contributed by atoms with E-state index in [1.165, 1.54) is 19.2 Å². The minimum atomic E-state index is -0.506. The van der Waals surface area contributed by atoms with Crippen LogP contribution in [0.4, 0.5) is 11.4 Å². The molecular weight excluding hydrogens is 374 g/mol. The van der Waals surface area contributed by atoms with E-state index in [9.17, 15) is 14.9 Å². The van der Waals surface area contributed by atoms with E-state index in [1.807, 2.05) is 12.1 Å². The van der Waals surface area contributed by atoms with Crippen LogP contribution in [0.2, 0.25) is 0 Å². The molecule has 3 rings (SSSR count). The predicted molar refractivity (Wildman–Crippen MR) is 110 cm³/mol. The smallest absolute Gasteiger partial charge is 0.270 e. The molecule has 0 radical (unpaired) electrons. The van der Waals surface area contributed by atoms with Gasteiger partial charge in [0, 0.05) is 50.0 Å². The van der Waals surface area contributed by atoms with Gasteiger partial charge in [-0.05, 0) is 36.6 Å². The molecule has 0 aliphatic carbocycles. The van der Waals surface area contributed by atoms with Crippen molar-refractivity contribution < 1.29 is 19.2 Å². The molecule has 1 aliphatic rings. The molecule has 0 spiro atoms. The number of hydrogen-bond acceptors (Lipinski definition) is 6. The van der Waals surface area contributed by atoms with Crippen molar-refractivity contribution >= 4 is 17.3 Å². The molecule has 8 nitrogen and oxygen atoms in total. The Hall–Kier alpha value is -3.13. The Balaban J connectivity index is 1.89. The van der Waals surface area contributed by atoms with Crippen molar-refractivity contribution in [3.63, 3.8) is 0 Å². The Morgan fingerprint density at radius 1 is 1.21 bits per heavy atom. The number of anilines is 1. The Morgan fingerprint density at radius 2 is 1.90 bits per heavy atom. The predicted octanol–water partition coefficient (Wildman–Crippen LogP) is 3.12. The monoisotopic (exact) mass is 399 g/mol. The molecule has 1 saturated heterocycles. The largest absolute Gasteiger partial charge is 0.497 e. The summed E-state index contributed by atoms with van der Waals surface area (Å²) >= 11 is 0. The maximum atomic E-state index is 12.3. The number of nitro benzene ring substituents is 1. The van der Waals surface area contributed by atoms with Crippen LogP contribution in [-0.2, 0) is 10.2 Å². The van der Waals surface area contributed by atoms with Gasteiger partial charge in [-0.25, -0.2) is 0 Å². The topological polar surface area (TPSA) is 103 Å². The molecule has 2 N–H and O–H groups in total. The number of hydrogen-bond donors (Lipinski definition) is 2. The second-order valence-electron chi connectivity index (χ2n) is 7.04. The van der Waals surface area contributed by atoms with Gasteiger partial charge >= 0.3 is 0 Å². The number of carbonyl (C=O) groups excluding carboxylic acids is 1. The van der Waals surface area contributed by atoms with Gasteiger partial charge in [0.2, 0.25) is 0 Å². The van der Waals surface area contributed by atoms with Crippen molar-refractivity contribution in [3.05, 3.63) is 63.7 Å². The second kappa shape index (κ2) is 8.91. The quantitative estimate of drug-likeness (QED) is 0.548. The zero-order valence-electron chi connectivity index (χ0n) is 16.6. The fraction of sp³-hybridized carbons (Fsp3) is 0.381. The molecule has 1 amide bonds. The van der Waals surface area contributed by atoms with Crippen LogP contribution < -0.4 is 15.4 Å². The van der Waals surface area contributed by atoms with Gasteiger partial charge in [0.1, 0.15) is 5.75 Å². The number of benzene rings is 2. The summed E-state index contributed by atoms with van der Waals surface area (Å²) in [4.78, 5) is 22.9. The fourth-order valence-corrected chi connectivity index (χ4v) is 3.66. The summed E-state index contributed by atoms with van der Waals surface area (Å²) < 4.78 is 10.8. The molecule has 8 heteroatoms. The minimum Gasteiger partial charge on any atom is -0.497 e. The maximum Gasteiger partial charge on any atom is 0.270 e. The van der Waals surface area contributed by atoms with Crippen LogP contribution in [0, 0.1) is 10.1 Å². The normalized spacial score (nSPS) is 15.4. The van der Waals surface area contributed by atoms with Gasteiger partial charge in [-0.15, -0.1) is 0 Å². The fourth-order valence-electron chi connectivity index (χ4n) is 3.66. The number of nitro groups is 1. The summed E-state index contributed by atoms with van der Waals surface area (Å²) in [5.41, 5.74) is 1.68. The van der Waals surface area contributed by atoms with Gasteiger partial charge in [-0.3, -0.25) is 14.9 Å². The molecule has 0 aromatic heterocycles. The van der Waals surface area contributed by atoms with Gasteiger partial charge in [0.15, 0.2) is 0 Å². The lowest BCUT2D eigenvalue weighted by Gasteiger charge is -2.38. The first-order valence-corrected chi connectivity index (χ1v) is 9.46. The highest BCUT2D eigenvalue weighted by molar-refractivity contribution is 6.00. The van der Waals surface area contributed by atoms with Crippen LogP contribution in [0.15, 0.2) is 42.5 Å². The number of nitrogens with zero attached hydrogens (tertiary/aromatic N) is 1. The third-order valence-electron chi connectivity index (χ3n) is 5.46. The first-order chi connectivity index (χ1) is 14.0. The summed E-state index contributed by atoms with van der Waals surface area (Å²) in [6.45, 7) is 1.87. The molecule has 0 unspecified atom stereocenters. The van der Waals surface area contributed by atoms with Crippen LogP contribution in [0.25, 0.3) is 0 Å². The first kappa shape index (κ1) is 20.6. The first-order valence-electron chi connectivity index (χ1n) is 9.46. The highest BCUT2D eigenvalue weighted by Crippen LogP contribution is 2.36. The number of non-ortho nitro benzene ring substituents is 1. The molecule has 154 valence electrons. The van der Waals surface area contributed by atoms with Crippen LogP contribution in [0.1, 0.15) is 28.8 Å². The molecule has 1 heterocycles. The van der Waals surface area contributed by atoms with Crippen molar-refractivity contribution in [1.29, 1.82) is 0 Å². The van der Waals surface area contributed by atoms with E-state index in [4.69, 9.17) is 9.47 Å². The summed E-state index contributed by atoms with van der Waals surface area (Å²) in [5, 5.41) is 17.0. The van der Waals surface area contributed by atoms with E-state index in [-0.39, 0.29) is 22.6 Å². The van der Waals surface area contributed by atoms with Crippen molar-refractivity contribution in [2.24, 2.45) is 0 Å². The van der Waals surface area contributed by atoms with E-state index in [1.54, 1.807) is 13.2 Å². The maximum absolute atomic E-state index is 12.3. The minimum absolute atomic E-state index is 0.120. The van der Waals surface area contributed by atoms with E-state index in [0.717, 1.165) is 24.2 Å². The van der Waals surface area contributed by atoms with Crippen LogP contribution in [0.3, 0.4) is 0 Å². The zero-order valence-corrected chi connectivity index (χ0v) is 16.6. The Kier molecular flexibility index (Phi) is 6.33. The summed E-state index contributed by atoms with van der Waals surface area (Å²) in [5.74, 6) is 0.419. The van der Waals surface area contributed by atoms with Crippen molar-refractivity contribution in [2.45, 2.75) is 18.3 Å². The van der Waals surface area contributed by atoms with Gasteiger partial charge in [-0.1, -0.05) is 12.1 Å². The highest BCUT2D eigenvalue weighted by Gasteiger charge is 2.34. The average Bonchev–Trinajstić information content (AvgIpc) is 2.77. The molecule has 1 aliphatic heterocycles. The van der Waals surface area contributed by atoms with E-state index in [2.05, 4.69) is 22.8 Å². The van der Waals surface area contributed by atoms with Gasteiger partial charge in [-0.2, -0.15) is 0 Å². The SMILES string of the molecule is CNC(=O)c1cc([N+](=O)[O-])ccc1NCC1(c2ccc(OC)cc2)CCOCC1.